The van der Waals surface area contributed by atoms with Crippen LogP contribution in [0.25, 0.3) is 10.8 Å². The van der Waals surface area contributed by atoms with Gasteiger partial charge in [-0.1, -0.05) is 30.3 Å². The fraction of sp³-hybridized carbons (Fsp3) is 0.368. The lowest BCUT2D eigenvalue weighted by molar-refractivity contribution is -0.0241. The molecule has 0 spiro atoms. The molecule has 0 aliphatic heterocycles. The van der Waals surface area contributed by atoms with Crippen LogP contribution >= 0.6 is 11.3 Å². The monoisotopic (exact) mass is 372 g/mol. The average molecular weight is 372 g/mol. The maximum Gasteiger partial charge on any atom is 0.437 e. The molecule has 26 heavy (non-hydrogen) atoms. The first-order chi connectivity index (χ1) is 12.7. The summed E-state index contributed by atoms with van der Waals surface area (Å²) in [6.07, 6.45) is 2.24. The largest absolute Gasteiger partial charge is 0.437 e. The lowest BCUT2D eigenvalue weighted by Crippen LogP contribution is -2.29. The number of hydrogen-bond acceptors (Lipinski definition) is 6. The van der Waals surface area contributed by atoms with Crippen LogP contribution in [0.4, 0.5) is 0 Å². The van der Waals surface area contributed by atoms with E-state index in [1.165, 1.54) is 22.5 Å². The molecule has 2 heterocycles. The Labute approximate surface area is 154 Å². The molecule has 136 valence electrons. The number of ether oxygens (including phenoxy) is 1. The molecule has 1 aromatic carbocycles. The molecule has 1 aliphatic rings. The third kappa shape index (κ3) is 3.65. The van der Waals surface area contributed by atoms with Crippen molar-refractivity contribution in [3.8, 4) is 10.8 Å². The van der Waals surface area contributed by atoms with E-state index in [9.17, 15) is 9.90 Å². The minimum absolute atomic E-state index is 0.00897. The first kappa shape index (κ1) is 17.2. The quantitative estimate of drug-likeness (QED) is 0.720. The zero-order chi connectivity index (χ0) is 17.9. The molecule has 0 amide bonds. The molecule has 1 N–H and O–H groups in total. The van der Waals surface area contributed by atoms with Crippen LogP contribution < -0.4 is 5.76 Å². The average Bonchev–Trinajstić information content (AvgIpc) is 3.30. The highest BCUT2D eigenvalue weighted by molar-refractivity contribution is 7.13. The van der Waals surface area contributed by atoms with Gasteiger partial charge >= 0.3 is 5.76 Å². The van der Waals surface area contributed by atoms with Crippen LogP contribution in [0, 0.1) is 0 Å². The molecule has 0 fully saturated rings. The fourth-order valence-corrected chi connectivity index (χ4v) is 3.93. The van der Waals surface area contributed by atoms with E-state index < -0.39 is 11.9 Å². The Kier molecular flexibility index (Phi) is 5.01. The number of aryl methyl sites for hydroxylation is 1. The highest BCUT2D eigenvalue weighted by Gasteiger charge is 2.22. The summed E-state index contributed by atoms with van der Waals surface area (Å²) in [6, 6.07) is 12.0. The summed E-state index contributed by atoms with van der Waals surface area (Å²) in [4.78, 5) is 12.7. The molecule has 2 unspecified atom stereocenters. The van der Waals surface area contributed by atoms with Crippen LogP contribution in [0.15, 0.2) is 51.0 Å². The van der Waals surface area contributed by atoms with Crippen LogP contribution in [0.5, 0.6) is 0 Å². The van der Waals surface area contributed by atoms with Crippen molar-refractivity contribution < 1.29 is 14.3 Å². The second-order valence-corrected chi connectivity index (χ2v) is 7.35. The minimum Gasteiger partial charge on any atom is -0.389 e. The number of thiophene rings is 1. The Morgan fingerprint density at radius 2 is 2.23 bits per heavy atom. The summed E-state index contributed by atoms with van der Waals surface area (Å²) in [5.41, 5.74) is 2.51. The zero-order valence-corrected chi connectivity index (χ0v) is 15.0. The van der Waals surface area contributed by atoms with Gasteiger partial charge in [0.15, 0.2) is 0 Å². The van der Waals surface area contributed by atoms with E-state index >= 15 is 0 Å². The van der Waals surface area contributed by atoms with Crippen molar-refractivity contribution in [2.75, 3.05) is 6.61 Å². The van der Waals surface area contributed by atoms with Crippen molar-refractivity contribution in [2.45, 2.75) is 38.0 Å². The standard InChI is InChI=1S/C19H20N2O4S/c22-14(11-21-19(23)25-18(20-21)17-9-4-10-26-17)12-24-16-8-3-6-13-5-1-2-7-15(13)16/h1-2,4-5,7,9-10,14,16,22H,3,6,8,11-12H2. The van der Waals surface area contributed by atoms with Gasteiger partial charge in [0, 0.05) is 0 Å². The number of hydrogen-bond donors (Lipinski definition) is 1. The molecule has 2 atom stereocenters. The molecular formula is C19H20N2O4S. The maximum absolute atomic E-state index is 11.9. The van der Waals surface area contributed by atoms with Gasteiger partial charge in [-0.25, -0.2) is 4.79 Å². The summed E-state index contributed by atoms with van der Waals surface area (Å²) < 4.78 is 12.2. The van der Waals surface area contributed by atoms with E-state index in [0.717, 1.165) is 28.8 Å². The Hall–Kier alpha value is -2.22. The SMILES string of the molecule is O=c1oc(-c2cccs2)nn1CC(O)COC1CCCc2ccccc21. The predicted molar refractivity (Wildman–Crippen MR) is 98.2 cm³/mol. The molecule has 2 aromatic heterocycles. The van der Waals surface area contributed by atoms with Crippen molar-refractivity contribution in [3.05, 3.63) is 63.5 Å². The molecule has 0 saturated heterocycles. The zero-order valence-electron chi connectivity index (χ0n) is 14.2. The summed E-state index contributed by atoms with van der Waals surface area (Å²) in [7, 11) is 0. The number of rotatable bonds is 6. The number of benzene rings is 1. The second-order valence-electron chi connectivity index (χ2n) is 6.40. The van der Waals surface area contributed by atoms with Gasteiger partial charge in [-0.05, 0) is 41.8 Å². The second kappa shape index (κ2) is 7.57. The van der Waals surface area contributed by atoms with Crippen LogP contribution in [-0.2, 0) is 17.7 Å². The third-order valence-corrected chi connectivity index (χ3v) is 5.38. The van der Waals surface area contributed by atoms with Crippen LogP contribution in [0.1, 0.15) is 30.1 Å². The molecule has 1 aliphatic carbocycles. The van der Waals surface area contributed by atoms with Crippen molar-refractivity contribution in [1.29, 1.82) is 0 Å². The first-order valence-corrected chi connectivity index (χ1v) is 9.58. The highest BCUT2D eigenvalue weighted by atomic mass is 32.1. The summed E-state index contributed by atoms with van der Waals surface area (Å²) in [5.74, 6) is -0.296. The van der Waals surface area contributed by atoms with E-state index in [2.05, 4.69) is 17.2 Å². The molecule has 0 bridgehead atoms. The smallest absolute Gasteiger partial charge is 0.389 e. The normalized spacial score (nSPS) is 17.8. The lowest BCUT2D eigenvalue weighted by atomic mass is 9.89. The Bertz CT molecular complexity index is 916. The van der Waals surface area contributed by atoms with Gasteiger partial charge in [0.25, 0.3) is 5.89 Å². The number of fused-ring (bicyclic) bond motifs is 1. The minimum atomic E-state index is -0.830. The number of aliphatic hydroxyl groups excluding tert-OH is 1. The van der Waals surface area contributed by atoms with Gasteiger partial charge in [0.1, 0.15) is 0 Å². The lowest BCUT2D eigenvalue weighted by Gasteiger charge is -2.26. The topological polar surface area (TPSA) is 77.5 Å². The van der Waals surface area contributed by atoms with Crippen molar-refractivity contribution in [3.63, 3.8) is 0 Å². The molecular weight excluding hydrogens is 352 g/mol. The van der Waals surface area contributed by atoms with Gasteiger partial charge in [-0.15, -0.1) is 16.4 Å². The Morgan fingerprint density at radius 1 is 1.35 bits per heavy atom. The van der Waals surface area contributed by atoms with E-state index in [4.69, 9.17) is 9.15 Å². The van der Waals surface area contributed by atoms with E-state index in [1.807, 2.05) is 29.6 Å². The first-order valence-electron chi connectivity index (χ1n) is 8.70. The number of aliphatic hydroxyl groups is 1. The highest BCUT2D eigenvalue weighted by Crippen LogP contribution is 2.32. The van der Waals surface area contributed by atoms with Crippen molar-refractivity contribution in [1.82, 2.24) is 9.78 Å². The maximum atomic E-state index is 11.9. The molecule has 3 aromatic rings. The fourth-order valence-electron chi connectivity index (χ4n) is 3.28. The van der Waals surface area contributed by atoms with Crippen LogP contribution in [-0.4, -0.2) is 27.6 Å². The molecule has 4 rings (SSSR count). The molecule has 7 heteroatoms. The van der Waals surface area contributed by atoms with Gasteiger partial charge in [-0.2, -0.15) is 4.68 Å². The van der Waals surface area contributed by atoms with Crippen molar-refractivity contribution in [2.24, 2.45) is 0 Å². The Morgan fingerprint density at radius 3 is 3.08 bits per heavy atom. The molecule has 0 radical (unpaired) electrons. The molecule has 6 nitrogen and oxygen atoms in total. The molecule has 0 saturated carbocycles. The number of nitrogens with zero attached hydrogens (tertiary/aromatic N) is 2. The summed E-state index contributed by atoms with van der Waals surface area (Å²) in [5, 5.41) is 16.3. The van der Waals surface area contributed by atoms with E-state index in [0.29, 0.717) is 0 Å². The predicted octanol–water partition coefficient (Wildman–Crippen LogP) is 3.02. The van der Waals surface area contributed by atoms with Gasteiger partial charge in [-0.3, -0.25) is 0 Å². The summed E-state index contributed by atoms with van der Waals surface area (Å²) in [6.45, 7) is 0.189. The Balaban J connectivity index is 1.38. The van der Waals surface area contributed by atoms with Gasteiger partial charge in [0.05, 0.1) is 30.2 Å². The van der Waals surface area contributed by atoms with E-state index in [1.54, 1.807) is 0 Å². The summed E-state index contributed by atoms with van der Waals surface area (Å²) >= 11 is 1.44. The van der Waals surface area contributed by atoms with E-state index in [-0.39, 0.29) is 25.1 Å². The van der Waals surface area contributed by atoms with Crippen LogP contribution in [0.2, 0.25) is 0 Å². The number of aromatic nitrogens is 2. The van der Waals surface area contributed by atoms with Crippen molar-refractivity contribution >= 4 is 11.3 Å². The van der Waals surface area contributed by atoms with Gasteiger partial charge < -0.3 is 14.3 Å². The third-order valence-electron chi connectivity index (χ3n) is 4.53. The van der Waals surface area contributed by atoms with Crippen LogP contribution in [0.3, 0.4) is 0 Å². The van der Waals surface area contributed by atoms with Gasteiger partial charge in [0.2, 0.25) is 0 Å².